The minimum Gasteiger partial charge on any atom is -0.493 e. The van der Waals surface area contributed by atoms with Crippen LogP contribution < -0.4 is 14.8 Å². The third-order valence-electron chi connectivity index (χ3n) is 4.50. The van der Waals surface area contributed by atoms with Gasteiger partial charge in [-0.3, -0.25) is 9.69 Å². The van der Waals surface area contributed by atoms with Crippen molar-refractivity contribution < 1.29 is 14.3 Å². The Morgan fingerprint density at radius 3 is 2.62 bits per heavy atom. The van der Waals surface area contributed by atoms with Crippen LogP contribution in [0, 0.1) is 0 Å². The number of hydrogen-bond donors (Lipinski definition) is 1. The third kappa shape index (κ3) is 5.21. The predicted molar refractivity (Wildman–Crippen MR) is 95.6 cm³/mol. The fourth-order valence-corrected chi connectivity index (χ4v) is 3.27. The van der Waals surface area contributed by atoms with Crippen molar-refractivity contribution in [3.63, 3.8) is 0 Å². The number of piperazine rings is 1. The molecule has 1 saturated heterocycles. The highest BCUT2D eigenvalue weighted by Crippen LogP contribution is 2.34. The summed E-state index contributed by atoms with van der Waals surface area (Å²) in [6, 6.07) is 6.33. The number of nitrogens with one attached hydrogen (secondary N) is 1. The summed E-state index contributed by atoms with van der Waals surface area (Å²) in [7, 11) is 1.61. The molecule has 0 spiro atoms. The van der Waals surface area contributed by atoms with E-state index in [0.29, 0.717) is 17.5 Å². The summed E-state index contributed by atoms with van der Waals surface area (Å²) in [6.45, 7) is 7.83. The van der Waals surface area contributed by atoms with Crippen LogP contribution in [0.25, 0.3) is 0 Å². The van der Waals surface area contributed by atoms with Gasteiger partial charge in [-0.05, 0) is 24.1 Å². The summed E-state index contributed by atoms with van der Waals surface area (Å²) in [6.07, 6.45) is 4.84. The Morgan fingerprint density at radius 1 is 1.25 bits per heavy atom. The molecule has 1 heterocycles. The van der Waals surface area contributed by atoms with Crippen molar-refractivity contribution in [2.24, 2.45) is 0 Å². The van der Waals surface area contributed by atoms with E-state index in [1.807, 2.05) is 12.1 Å². The van der Waals surface area contributed by atoms with Gasteiger partial charge in [0.25, 0.3) is 0 Å². The van der Waals surface area contributed by atoms with Gasteiger partial charge in [-0.1, -0.05) is 32.3 Å². The second-order valence-corrected chi connectivity index (χ2v) is 6.30. The Labute approximate surface area is 145 Å². The van der Waals surface area contributed by atoms with E-state index in [1.54, 1.807) is 7.11 Å². The highest BCUT2D eigenvalue weighted by molar-refractivity contribution is 5.70. The van der Waals surface area contributed by atoms with Crippen LogP contribution in [-0.2, 0) is 4.79 Å². The molecule has 24 heavy (non-hydrogen) atoms. The van der Waals surface area contributed by atoms with Crippen LogP contribution in [-0.4, -0.2) is 44.2 Å². The molecule has 1 aromatic carbocycles. The van der Waals surface area contributed by atoms with E-state index >= 15 is 0 Å². The molecule has 1 aliphatic rings. The number of methoxy groups -OCH3 is 1. The van der Waals surface area contributed by atoms with Gasteiger partial charge in [-0.2, -0.15) is 0 Å². The van der Waals surface area contributed by atoms with Crippen molar-refractivity contribution in [1.29, 1.82) is 0 Å². The molecule has 0 radical (unpaired) electrons. The molecular weight excluding hydrogens is 304 g/mol. The first kappa shape index (κ1) is 18.7. The highest BCUT2D eigenvalue weighted by atomic mass is 16.6. The van der Waals surface area contributed by atoms with Crippen LogP contribution in [0.3, 0.4) is 0 Å². The molecular formula is C19H30N2O3. The molecule has 0 saturated carbocycles. The van der Waals surface area contributed by atoms with Gasteiger partial charge in [0.15, 0.2) is 11.5 Å². The van der Waals surface area contributed by atoms with Crippen LogP contribution in [0.1, 0.15) is 51.1 Å². The van der Waals surface area contributed by atoms with Gasteiger partial charge in [-0.15, -0.1) is 0 Å². The number of benzene rings is 1. The number of carbonyl (C=O) groups excluding carboxylic acids is 1. The molecule has 5 heteroatoms. The van der Waals surface area contributed by atoms with Crippen molar-refractivity contribution >= 4 is 5.97 Å². The Hall–Kier alpha value is -1.59. The van der Waals surface area contributed by atoms with Crippen LogP contribution in [0.15, 0.2) is 18.2 Å². The van der Waals surface area contributed by atoms with Crippen molar-refractivity contribution in [3.8, 4) is 11.5 Å². The molecule has 0 unspecified atom stereocenters. The second kappa shape index (κ2) is 9.64. The van der Waals surface area contributed by atoms with Crippen molar-refractivity contribution in [1.82, 2.24) is 10.2 Å². The van der Waals surface area contributed by atoms with E-state index in [0.717, 1.165) is 32.6 Å². The Bertz CT molecular complexity index is 527. The van der Waals surface area contributed by atoms with E-state index in [-0.39, 0.29) is 5.97 Å². The average molecular weight is 334 g/mol. The van der Waals surface area contributed by atoms with Crippen LogP contribution in [0.2, 0.25) is 0 Å². The lowest BCUT2D eigenvalue weighted by atomic mass is 9.97. The van der Waals surface area contributed by atoms with E-state index in [9.17, 15) is 4.79 Å². The maximum Gasteiger partial charge on any atom is 0.308 e. The van der Waals surface area contributed by atoms with Crippen molar-refractivity contribution in [2.45, 2.75) is 45.6 Å². The monoisotopic (exact) mass is 334 g/mol. The van der Waals surface area contributed by atoms with Crippen molar-refractivity contribution in [3.05, 3.63) is 23.8 Å². The zero-order valence-electron chi connectivity index (χ0n) is 15.1. The lowest BCUT2D eigenvalue weighted by Gasteiger charge is -2.35. The molecule has 2 rings (SSSR count). The van der Waals surface area contributed by atoms with Gasteiger partial charge in [-0.25, -0.2) is 0 Å². The van der Waals surface area contributed by atoms with Gasteiger partial charge in [0.1, 0.15) is 0 Å². The van der Waals surface area contributed by atoms with Gasteiger partial charge in [0, 0.05) is 39.1 Å². The number of carbonyl (C=O) groups is 1. The minimum atomic E-state index is -0.331. The molecule has 0 bridgehead atoms. The maximum atomic E-state index is 11.2. The summed E-state index contributed by atoms with van der Waals surface area (Å²) in [5, 5.41) is 3.42. The van der Waals surface area contributed by atoms with Gasteiger partial charge >= 0.3 is 5.97 Å². The molecule has 0 aromatic heterocycles. The molecule has 1 aromatic rings. The number of nitrogens with zero attached hydrogens (tertiary/aromatic N) is 1. The number of rotatable bonds is 8. The smallest absolute Gasteiger partial charge is 0.308 e. The van der Waals surface area contributed by atoms with Crippen LogP contribution in [0.5, 0.6) is 11.5 Å². The molecule has 1 N–H and O–H groups in total. The molecule has 5 nitrogen and oxygen atoms in total. The maximum absolute atomic E-state index is 11.2. The topological polar surface area (TPSA) is 50.8 Å². The first-order valence-electron chi connectivity index (χ1n) is 8.96. The average Bonchev–Trinajstić information content (AvgIpc) is 2.60. The Morgan fingerprint density at radius 2 is 2.00 bits per heavy atom. The molecule has 1 fully saturated rings. The first-order chi connectivity index (χ1) is 11.7. The lowest BCUT2D eigenvalue weighted by Crippen LogP contribution is -2.45. The fourth-order valence-electron chi connectivity index (χ4n) is 3.27. The number of esters is 1. The standard InChI is InChI=1S/C19H30N2O3/c1-4-5-6-7-17(21-12-10-20-11-13-21)16-8-9-18(24-15(2)22)19(14-16)23-3/h8-9,14,17,20H,4-7,10-13H2,1-3H3/t17-/m1/s1. The van der Waals surface area contributed by atoms with Gasteiger partial charge in [0.05, 0.1) is 7.11 Å². The molecule has 0 aliphatic carbocycles. The second-order valence-electron chi connectivity index (χ2n) is 6.30. The van der Waals surface area contributed by atoms with Crippen LogP contribution in [0.4, 0.5) is 0 Å². The molecule has 0 amide bonds. The number of hydrogen-bond acceptors (Lipinski definition) is 5. The lowest BCUT2D eigenvalue weighted by molar-refractivity contribution is -0.132. The summed E-state index contributed by atoms with van der Waals surface area (Å²) >= 11 is 0. The summed E-state index contributed by atoms with van der Waals surface area (Å²) in [5.74, 6) is 0.780. The minimum absolute atomic E-state index is 0.331. The molecule has 1 atom stereocenters. The quantitative estimate of drug-likeness (QED) is 0.450. The summed E-state index contributed by atoms with van der Waals surface area (Å²) in [5.41, 5.74) is 1.24. The first-order valence-corrected chi connectivity index (χ1v) is 8.96. The van der Waals surface area contributed by atoms with Crippen molar-refractivity contribution in [2.75, 3.05) is 33.3 Å². The molecule has 134 valence electrons. The molecule has 1 aliphatic heterocycles. The number of unbranched alkanes of at least 4 members (excludes halogenated alkanes) is 2. The summed E-state index contributed by atoms with van der Waals surface area (Å²) < 4.78 is 10.7. The Balaban J connectivity index is 2.21. The van der Waals surface area contributed by atoms with Crippen LogP contribution >= 0.6 is 0 Å². The fraction of sp³-hybridized carbons (Fsp3) is 0.632. The zero-order valence-corrected chi connectivity index (χ0v) is 15.1. The SMILES string of the molecule is CCCCC[C@H](c1ccc(OC(C)=O)c(OC)c1)N1CCNCC1. The van der Waals surface area contributed by atoms with E-state index < -0.39 is 0 Å². The number of ether oxygens (including phenoxy) is 2. The van der Waals surface area contributed by atoms with E-state index in [2.05, 4.69) is 23.2 Å². The van der Waals surface area contributed by atoms with E-state index in [4.69, 9.17) is 9.47 Å². The van der Waals surface area contributed by atoms with Gasteiger partial charge in [0.2, 0.25) is 0 Å². The highest BCUT2D eigenvalue weighted by Gasteiger charge is 2.23. The third-order valence-corrected chi connectivity index (χ3v) is 4.50. The summed E-state index contributed by atoms with van der Waals surface area (Å²) in [4.78, 5) is 13.8. The Kier molecular flexibility index (Phi) is 7.53. The largest absolute Gasteiger partial charge is 0.493 e. The normalized spacial score (nSPS) is 16.6. The van der Waals surface area contributed by atoms with E-state index in [1.165, 1.54) is 31.7 Å². The van der Waals surface area contributed by atoms with Gasteiger partial charge < -0.3 is 14.8 Å². The zero-order chi connectivity index (χ0) is 17.4. The predicted octanol–water partition coefficient (Wildman–Crippen LogP) is 3.15.